The summed E-state index contributed by atoms with van der Waals surface area (Å²) in [6.07, 6.45) is 4.97. The topological polar surface area (TPSA) is 70.7 Å². The molecule has 1 aromatic carbocycles. The normalized spacial score (nSPS) is 12.6. The van der Waals surface area contributed by atoms with Crippen molar-refractivity contribution in [2.75, 3.05) is 5.32 Å². The van der Waals surface area contributed by atoms with Gasteiger partial charge in [-0.1, -0.05) is 18.2 Å². The standard InChI is InChI=1S/C19H16N4OS/c1-2-23-18(24)17(13-22-15-6-4-3-5-7-15)25-19(23)16(12-20)14-8-10-21-11-9-14/h3-11,13,22H,2H2,1H3/b17-13+,19-16-. The fourth-order valence-electron chi connectivity index (χ4n) is 2.43. The Morgan fingerprint density at radius 2 is 2.00 bits per heavy atom. The Kier molecular flexibility index (Phi) is 5.07. The van der Waals surface area contributed by atoms with E-state index in [0.29, 0.717) is 21.3 Å². The van der Waals surface area contributed by atoms with Crippen LogP contribution in [-0.4, -0.2) is 9.55 Å². The van der Waals surface area contributed by atoms with Gasteiger partial charge in [-0.05, 0) is 36.8 Å². The van der Waals surface area contributed by atoms with Crippen molar-refractivity contribution < 1.29 is 0 Å². The van der Waals surface area contributed by atoms with Crippen LogP contribution in [0.15, 0.2) is 59.7 Å². The quantitative estimate of drug-likeness (QED) is 0.782. The van der Waals surface area contributed by atoms with Gasteiger partial charge in [0, 0.05) is 30.8 Å². The minimum Gasteiger partial charge on any atom is -0.360 e. The number of rotatable bonds is 4. The zero-order valence-electron chi connectivity index (χ0n) is 13.6. The lowest BCUT2D eigenvalue weighted by molar-refractivity contribution is 0.721. The third kappa shape index (κ3) is 3.52. The second-order valence-electron chi connectivity index (χ2n) is 5.20. The average Bonchev–Trinajstić information content (AvgIpc) is 2.98. The molecule has 3 aromatic rings. The van der Waals surface area contributed by atoms with Crippen molar-refractivity contribution in [1.82, 2.24) is 9.55 Å². The van der Waals surface area contributed by atoms with Crippen LogP contribution in [-0.2, 0) is 6.54 Å². The molecule has 0 unspecified atom stereocenters. The van der Waals surface area contributed by atoms with E-state index in [-0.39, 0.29) is 5.56 Å². The predicted octanol–water partition coefficient (Wildman–Crippen LogP) is 1.90. The molecule has 0 saturated carbocycles. The van der Waals surface area contributed by atoms with Crippen LogP contribution in [0.5, 0.6) is 0 Å². The van der Waals surface area contributed by atoms with E-state index in [1.165, 1.54) is 11.3 Å². The largest absolute Gasteiger partial charge is 0.360 e. The van der Waals surface area contributed by atoms with E-state index in [9.17, 15) is 10.1 Å². The van der Waals surface area contributed by atoms with Crippen molar-refractivity contribution in [3.05, 3.63) is 80.0 Å². The van der Waals surface area contributed by atoms with Crippen molar-refractivity contribution in [3.8, 4) is 6.07 Å². The molecule has 0 aliphatic rings. The van der Waals surface area contributed by atoms with Crippen molar-refractivity contribution in [3.63, 3.8) is 0 Å². The lowest BCUT2D eigenvalue weighted by Crippen LogP contribution is -2.31. The summed E-state index contributed by atoms with van der Waals surface area (Å²) in [4.78, 5) is 16.6. The highest BCUT2D eigenvalue weighted by Crippen LogP contribution is 2.08. The first kappa shape index (κ1) is 16.7. The van der Waals surface area contributed by atoms with Crippen LogP contribution in [0.3, 0.4) is 0 Å². The van der Waals surface area contributed by atoms with E-state index in [0.717, 1.165) is 11.3 Å². The molecule has 0 radical (unpaired) electrons. The predicted molar refractivity (Wildman–Crippen MR) is 100 cm³/mol. The molecule has 2 aromatic heterocycles. The van der Waals surface area contributed by atoms with Crippen LogP contribution in [0, 0.1) is 11.3 Å². The van der Waals surface area contributed by atoms with E-state index in [1.54, 1.807) is 35.3 Å². The summed E-state index contributed by atoms with van der Waals surface area (Å²) in [6.45, 7) is 2.40. The van der Waals surface area contributed by atoms with Crippen LogP contribution in [0.25, 0.3) is 11.8 Å². The maximum absolute atomic E-state index is 12.7. The highest BCUT2D eigenvalue weighted by atomic mass is 32.1. The first-order valence-electron chi connectivity index (χ1n) is 7.80. The number of anilines is 1. The Bertz CT molecular complexity index is 1080. The monoisotopic (exact) mass is 348 g/mol. The highest BCUT2D eigenvalue weighted by molar-refractivity contribution is 7.07. The lowest BCUT2D eigenvalue weighted by atomic mass is 10.1. The van der Waals surface area contributed by atoms with Crippen LogP contribution >= 0.6 is 11.3 Å². The molecule has 1 N–H and O–H groups in total. The number of hydrogen-bond donors (Lipinski definition) is 1. The number of aromatic nitrogens is 2. The summed E-state index contributed by atoms with van der Waals surface area (Å²) in [5.41, 5.74) is 2.03. The van der Waals surface area contributed by atoms with Gasteiger partial charge in [-0.25, -0.2) is 0 Å². The summed E-state index contributed by atoms with van der Waals surface area (Å²) in [6, 6.07) is 15.4. The van der Waals surface area contributed by atoms with Gasteiger partial charge in [-0.3, -0.25) is 14.3 Å². The van der Waals surface area contributed by atoms with Gasteiger partial charge >= 0.3 is 0 Å². The van der Waals surface area contributed by atoms with Crippen LogP contribution < -0.4 is 20.1 Å². The zero-order valence-corrected chi connectivity index (χ0v) is 14.5. The van der Waals surface area contributed by atoms with Crippen LogP contribution in [0.2, 0.25) is 0 Å². The molecule has 0 amide bonds. The fourth-order valence-corrected chi connectivity index (χ4v) is 3.54. The Morgan fingerprint density at radius 3 is 2.64 bits per heavy atom. The van der Waals surface area contributed by atoms with E-state index in [1.807, 2.05) is 37.3 Å². The minimum atomic E-state index is -0.104. The van der Waals surface area contributed by atoms with Gasteiger partial charge in [-0.15, -0.1) is 11.3 Å². The van der Waals surface area contributed by atoms with Crippen molar-refractivity contribution in [1.29, 1.82) is 5.26 Å². The SMILES string of the molecule is CCn1c(=O)/c(=C\Nc2ccccc2)s/c1=C(/C#N)c1ccncc1. The van der Waals surface area contributed by atoms with Crippen molar-refractivity contribution >= 4 is 28.8 Å². The van der Waals surface area contributed by atoms with Gasteiger partial charge in [0.2, 0.25) is 0 Å². The summed E-state index contributed by atoms with van der Waals surface area (Å²) in [5, 5.41) is 12.8. The molecule has 0 saturated heterocycles. The number of thiazole rings is 1. The second kappa shape index (κ2) is 7.60. The first-order chi connectivity index (χ1) is 12.2. The van der Waals surface area contributed by atoms with Gasteiger partial charge in [-0.2, -0.15) is 5.26 Å². The molecule has 3 rings (SSSR count). The van der Waals surface area contributed by atoms with Gasteiger partial charge in [0.25, 0.3) is 5.56 Å². The smallest absolute Gasteiger partial charge is 0.270 e. The summed E-state index contributed by atoms with van der Waals surface area (Å²) >= 11 is 1.31. The number of nitrogens with one attached hydrogen (secondary N) is 1. The van der Waals surface area contributed by atoms with Gasteiger partial charge in [0.15, 0.2) is 0 Å². The van der Waals surface area contributed by atoms with E-state index < -0.39 is 0 Å². The highest BCUT2D eigenvalue weighted by Gasteiger charge is 2.09. The molecule has 2 heterocycles. The van der Waals surface area contributed by atoms with Gasteiger partial charge in [0.1, 0.15) is 15.3 Å². The molecule has 124 valence electrons. The Morgan fingerprint density at radius 1 is 1.28 bits per heavy atom. The Balaban J connectivity index is 2.18. The van der Waals surface area contributed by atoms with E-state index >= 15 is 0 Å². The number of pyridine rings is 1. The number of nitriles is 1. The van der Waals surface area contributed by atoms with Crippen molar-refractivity contribution in [2.45, 2.75) is 13.5 Å². The molecule has 0 bridgehead atoms. The molecule has 5 nitrogen and oxygen atoms in total. The average molecular weight is 348 g/mol. The summed E-state index contributed by atoms with van der Waals surface area (Å²) in [7, 11) is 0. The third-order valence-corrected chi connectivity index (χ3v) is 4.79. The van der Waals surface area contributed by atoms with Crippen LogP contribution in [0.4, 0.5) is 5.69 Å². The first-order valence-corrected chi connectivity index (χ1v) is 8.62. The number of para-hydroxylation sites is 1. The zero-order chi connectivity index (χ0) is 17.6. The maximum atomic E-state index is 12.7. The summed E-state index contributed by atoms with van der Waals surface area (Å²) < 4.78 is 2.84. The van der Waals surface area contributed by atoms with Gasteiger partial charge in [0.05, 0.1) is 5.57 Å². The molecule has 0 atom stereocenters. The van der Waals surface area contributed by atoms with Gasteiger partial charge < -0.3 is 5.32 Å². The maximum Gasteiger partial charge on any atom is 0.270 e. The second-order valence-corrected chi connectivity index (χ2v) is 6.23. The van der Waals surface area contributed by atoms with Crippen molar-refractivity contribution in [2.24, 2.45) is 0 Å². The molecule has 6 heteroatoms. The summed E-state index contributed by atoms with van der Waals surface area (Å²) in [5.74, 6) is 0. The fraction of sp³-hybridized carbons (Fsp3) is 0.105. The molecular formula is C19H16N4OS. The number of nitrogens with zero attached hydrogens (tertiary/aromatic N) is 3. The minimum absolute atomic E-state index is 0.104. The Hall–Kier alpha value is -3.17. The third-order valence-electron chi connectivity index (χ3n) is 3.66. The van der Waals surface area contributed by atoms with E-state index in [4.69, 9.17) is 0 Å². The number of benzene rings is 1. The molecule has 0 spiro atoms. The lowest BCUT2D eigenvalue weighted by Gasteiger charge is -1.99. The molecule has 0 aliphatic carbocycles. The molecular weight excluding hydrogens is 332 g/mol. The van der Waals surface area contributed by atoms with Crippen LogP contribution in [0.1, 0.15) is 12.5 Å². The number of hydrogen-bond acceptors (Lipinski definition) is 5. The molecule has 0 fully saturated rings. The molecule has 0 aliphatic heterocycles. The molecule has 25 heavy (non-hydrogen) atoms. The van der Waals surface area contributed by atoms with E-state index in [2.05, 4.69) is 16.4 Å². The Labute approximate surface area is 148 Å².